The number of rotatable bonds is 10. The van der Waals surface area contributed by atoms with Gasteiger partial charge >= 0.3 is 6.36 Å². The molecule has 0 aliphatic heterocycles. The molecular formula is C20H19F3N6O3S. The first-order valence-electron chi connectivity index (χ1n) is 9.58. The average molecular weight is 480 g/mol. The predicted octanol–water partition coefficient (Wildman–Crippen LogP) is 2.56. The Labute approximate surface area is 190 Å². The number of alkyl halides is 3. The molecule has 3 aromatic rings. The lowest BCUT2D eigenvalue weighted by atomic mass is 10.2. The Kier molecular flexibility index (Phi) is 7.87. The first-order chi connectivity index (χ1) is 15.7. The summed E-state index contributed by atoms with van der Waals surface area (Å²) >= 11 is 1.05. The maximum absolute atomic E-state index is 12.8. The predicted molar refractivity (Wildman–Crippen MR) is 112 cm³/mol. The third-order valence-corrected chi connectivity index (χ3v) is 5.18. The van der Waals surface area contributed by atoms with Crippen LogP contribution in [0.25, 0.3) is 5.69 Å². The number of ether oxygens (including phenoxy) is 1. The lowest BCUT2D eigenvalue weighted by Gasteiger charge is -2.22. The van der Waals surface area contributed by atoms with Crippen molar-refractivity contribution in [3.63, 3.8) is 0 Å². The molecular weight excluding hydrogens is 461 g/mol. The van der Waals surface area contributed by atoms with Crippen LogP contribution in [0.2, 0.25) is 0 Å². The van der Waals surface area contributed by atoms with Gasteiger partial charge in [0.25, 0.3) is 0 Å². The molecule has 2 aromatic carbocycles. The van der Waals surface area contributed by atoms with Crippen molar-refractivity contribution in [1.29, 1.82) is 0 Å². The Balaban J connectivity index is 1.66. The van der Waals surface area contributed by atoms with Crippen LogP contribution in [0.1, 0.15) is 12.0 Å². The summed E-state index contributed by atoms with van der Waals surface area (Å²) < 4.78 is 42.1. The molecule has 3 rings (SSSR count). The number of hydrogen-bond acceptors (Lipinski definition) is 7. The molecule has 0 saturated heterocycles. The standard InChI is InChI=1S/C20H19F3N6O3S/c21-20(22,23)32-16-8-6-15(7-9-16)29-19(25-26-27-29)33-13-18(31)28(11-10-17(24)30)12-14-4-2-1-3-5-14/h1-9H,10-13H2,(H2,24,30). The number of carbonyl (C=O) groups is 2. The fourth-order valence-electron chi connectivity index (χ4n) is 2.78. The third kappa shape index (κ3) is 7.49. The molecule has 13 heteroatoms. The van der Waals surface area contributed by atoms with Crippen molar-refractivity contribution in [1.82, 2.24) is 25.1 Å². The summed E-state index contributed by atoms with van der Waals surface area (Å²) in [6.45, 7) is 0.467. The second-order valence-electron chi connectivity index (χ2n) is 6.72. The van der Waals surface area contributed by atoms with E-state index in [1.54, 1.807) is 0 Å². The van der Waals surface area contributed by atoms with E-state index in [4.69, 9.17) is 5.73 Å². The van der Waals surface area contributed by atoms with Gasteiger partial charge in [0.15, 0.2) is 0 Å². The highest BCUT2D eigenvalue weighted by Gasteiger charge is 2.31. The number of hydrogen-bond donors (Lipinski definition) is 1. The van der Waals surface area contributed by atoms with Crippen molar-refractivity contribution in [3.05, 3.63) is 60.2 Å². The molecule has 0 radical (unpaired) electrons. The van der Waals surface area contributed by atoms with E-state index < -0.39 is 12.3 Å². The number of amides is 2. The summed E-state index contributed by atoms with van der Waals surface area (Å²) in [6.07, 6.45) is -4.77. The van der Waals surface area contributed by atoms with Gasteiger partial charge in [0, 0.05) is 19.5 Å². The smallest absolute Gasteiger partial charge is 0.406 e. The maximum Gasteiger partial charge on any atom is 0.573 e. The highest BCUT2D eigenvalue weighted by Crippen LogP contribution is 2.25. The van der Waals surface area contributed by atoms with Crippen LogP contribution in [-0.2, 0) is 16.1 Å². The Morgan fingerprint density at radius 2 is 1.79 bits per heavy atom. The molecule has 0 aliphatic rings. The average Bonchev–Trinajstić information content (AvgIpc) is 3.23. The molecule has 0 bridgehead atoms. The molecule has 0 spiro atoms. The van der Waals surface area contributed by atoms with E-state index in [-0.39, 0.29) is 35.5 Å². The lowest BCUT2D eigenvalue weighted by Crippen LogP contribution is -2.34. The minimum Gasteiger partial charge on any atom is -0.406 e. The quantitative estimate of drug-likeness (QED) is 0.443. The molecule has 9 nitrogen and oxygen atoms in total. The Bertz CT molecular complexity index is 1080. The number of primary amides is 1. The second kappa shape index (κ2) is 10.8. The van der Waals surface area contributed by atoms with Gasteiger partial charge in [-0.25, -0.2) is 0 Å². The van der Waals surface area contributed by atoms with Crippen LogP contribution < -0.4 is 10.5 Å². The fourth-order valence-corrected chi connectivity index (χ4v) is 3.57. The molecule has 33 heavy (non-hydrogen) atoms. The van der Waals surface area contributed by atoms with Gasteiger partial charge < -0.3 is 15.4 Å². The van der Waals surface area contributed by atoms with Gasteiger partial charge in [-0.3, -0.25) is 9.59 Å². The number of nitrogens with two attached hydrogens (primary N) is 1. The van der Waals surface area contributed by atoms with Gasteiger partial charge in [-0.1, -0.05) is 42.1 Å². The molecule has 174 valence electrons. The van der Waals surface area contributed by atoms with Crippen LogP contribution >= 0.6 is 11.8 Å². The zero-order valence-corrected chi connectivity index (χ0v) is 17.9. The van der Waals surface area contributed by atoms with Crippen LogP contribution in [0, 0.1) is 0 Å². The Morgan fingerprint density at radius 1 is 1.09 bits per heavy atom. The Hall–Kier alpha value is -3.61. The summed E-state index contributed by atoms with van der Waals surface area (Å²) in [7, 11) is 0. The van der Waals surface area contributed by atoms with Crippen molar-refractivity contribution in [3.8, 4) is 11.4 Å². The zero-order valence-electron chi connectivity index (χ0n) is 17.1. The first kappa shape index (κ1) is 24.0. The largest absolute Gasteiger partial charge is 0.573 e. The van der Waals surface area contributed by atoms with Gasteiger partial charge in [-0.05, 0) is 40.3 Å². The number of thioether (sulfide) groups is 1. The monoisotopic (exact) mass is 480 g/mol. The normalized spacial score (nSPS) is 11.2. The van der Waals surface area contributed by atoms with E-state index in [1.165, 1.54) is 21.7 Å². The molecule has 2 N–H and O–H groups in total. The summed E-state index contributed by atoms with van der Waals surface area (Å²) in [5.41, 5.74) is 6.51. The summed E-state index contributed by atoms with van der Waals surface area (Å²) in [5.74, 6) is -1.18. The number of nitrogens with zero attached hydrogens (tertiary/aromatic N) is 5. The molecule has 1 heterocycles. The van der Waals surface area contributed by atoms with E-state index in [2.05, 4.69) is 20.3 Å². The maximum atomic E-state index is 12.8. The van der Waals surface area contributed by atoms with Crippen molar-refractivity contribution in [2.45, 2.75) is 24.5 Å². The summed E-state index contributed by atoms with van der Waals surface area (Å²) in [5, 5.41) is 11.5. The minimum absolute atomic E-state index is 0.0212. The summed E-state index contributed by atoms with van der Waals surface area (Å²) in [6, 6.07) is 14.3. The fraction of sp³-hybridized carbons (Fsp3) is 0.250. The molecule has 0 fully saturated rings. The SMILES string of the molecule is NC(=O)CCN(Cc1ccccc1)C(=O)CSc1nnnn1-c1ccc(OC(F)(F)F)cc1. The van der Waals surface area contributed by atoms with Gasteiger partial charge in [0.05, 0.1) is 11.4 Å². The van der Waals surface area contributed by atoms with E-state index in [9.17, 15) is 22.8 Å². The summed E-state index contributed by atoms with van der Waals surface area (Å²) in [4.78, 5) is 25.6. The molecule has 2 amide bonds. The second-order valence-corrected chi connectivity index (χ2v) is 7.66. The van der Waals surface area contributed by atoms with Crippen LogP contribution in [-0.4, -0.2) is 55.6 Å². The lowest BCUT2D eigenvalue weighted by molar-refractivity contribution is -0.274. The number of halogens is 3. The molecule has 0 aliphatic carbocycles. The zero-order chi connectivity index (χ0) is 23.8. The van der Waals surface area contributed by atoms with E-state index in [0.717, 1.165) is 29.5 Å². The number of benzene rings is 2. The Morgan fingerprint density at radius 3 is 2.42 bits per heavy atom. The minimum atomic E-state index is -4.79. The highest BCUT2D eigenvalue weighted by molar-refractivity contribution is 7.99. The molecule has 1 aromatic heterocycles. The number of carbonyl (C=O) groups excluding carboxylic acids is 2. The first-order valence-corrected chi connectivity index (χ1v) is 10.6. The van der Waals surface area contributed by atoms with Gasteiger partial charge in [-0.2, -0.15) is 4.68 Å². The van der Waals surface area contributed by atoms with E-state index in [0.29, 0.717) is 12.2 Å². The third-order valence-electron chi connectivity index (χ3n) is 4.28. The van der Waals surface area contributed by atoms with Crippen molar-refractivity contribution in [2.24, 2.45) is 5.73 Å². The van der Waals surface area contributed by atoms with Gasteiger partial charge in [0.2, 0.25) is 17.0 Å². The van der Waals surface area contributed by atoms with Crippen LogP contribution in [0.5, 0.6) is 5.75 Å². The van der Waals surface area contributed by atoms with Gasteiger partial charge in [0.1, 0.15) is 5.75 Å². The van der Waals surface area contributed by atoms with Crippen molar-refractivity contribution in [2.75, 3.05) is 12.3 Å². The van der Waals surface area contributed by atoms with Crippen molar-refractivity contribution < 1.29 is 27.5 Å². The number of tetrazole rings is 1. The van der Waals surface area contributed by atoms with E-state index in [1.807, 2.05) is 30.3 Å². The highest BCUT2D eigenvalue weighted by atomic mass is 32.2. The van der Waals surface area contributed by atoms with Crippen LogP contribution in [0.4, 0.5) is 13.2 Å². The molecule has 0 atom stereocenters. The van der Waals surface area contributed by atoms with Crippen molar-refractivity contribution >= 4 is 23.6 Å². The number of aromatic nitrogens is 4. The van der Waals surface area contributed by atoms with Crippen LogP contribution in [0.3, 0.4) is 0 Å². The van der Waals surface area contributed by atoms with E-state index >= 15 is 0 Å². The molecule has 0 saturated carbocycles. The topological polar surface area (TPSA) is 116 Å². The van der Waals surface area contributed by atoms with Gasteiger partial charge in [-0.15, -0.1) is 18.3 Å². The molecule has 0 unspecified atom stereocenters. The van der Waals surface area contributed by atoms with Crippen LogP contribution in [0.15, 0.2) is 59.8 Å².